The average molecular weight is 387 g/mol. The molecule has 0 N–H and O–H groups in total. The molecule has 1 heterocycles. The van der Waals surface area contributed by atoms with E-state index in [0.717, 1.165) is 31.7 Å². The van der Waals surface area contributed by atoms with E-state index in [9.17, 15) is 4.79 Å². The number of carbonyl (C=O) groups excluding carboxylic acids is 1. The fourth-order valence-corrected chi connectivity index (χ4v) is 6.83. The summed E-state index contributed by atoms with van der Waals surface area (Å²) in [5, 5.41) is 0. The molecule has 25 heavy (non-hydrogen) atoms. The Balaban J connectivity index is 3.44. The molecule has 142 valence electrons. The molecule has 1 aromatic heterocycles. The Labute approximate surface area is 156 Å². The van der Waals surface area contributed by atoms with Crippen molar-refractivity contribution in [3.63, 3.8) is 0 Å². The van der Waals surface area contributed by atoms with Gasteiger partial charge in [0.05, 0.1) is 6.61 Å². The molecule has 0 atom stereocenters. The van der Waals surface area contributed by atoms with E-state index in [4.69, 9.17) is 21.3 Å². The lowest BCUT2D eigenvalue weighted by Crippen LogP contribution is -2.33. The number of hydrogen-bond donors (Lipinski definition) is 0. The van der Waals surface area contributed by atoms with Gasteiger partial charge in [-0.1, -0.05) is 33.8 Å². The molecule has 0 saturated carbocycles. The Kier molecular flexibility index (Phi) is 9.57. The maximum absolute atomic E-state index is 11.9. The minimum Gasteiger partial charge on any atom is -0.465 e. The van der Waals surface area contributed by atoms with Crippen LogP contribution in [0.15, 0.2) is 29.2 Å². The molecule has 6 nitrogen and oxygen atoms in total. The number of nitrogens with zero attached hydrogens (tertiary/aromatic N) is 4. The van der Waals surface area contributed by atoms with Gasteiger partial charge in [-0.25, -0.2) is 14.1 Å². The lowest BCUT2D eigenvalue weighted by molar-refractivity contribution is -0.143. The first-order valence-corrected chi connectivity index (χ1v) is 11.6. The Morgan fingerprint density at radius 1 is 1.12 bits per heavy atom. The molecule has 8 heteroatoms. The topological polar surface area (TPSA) is 50.1 Å². The fraction of sp³-hybridized carbons (Fsp3) is 0.647. The van der Waals surface area contributed by atoms with Crippen molar-refractivity contribution in [1.29, 1.82) is 0 Å². The zero-order valence-corrected chi connectivity index (χ0v) is 17.7. The highest BCUT2D eigenvalue weighted by atomic mass is 32.4. The third kappa shape index (κ3) is 5.74. The second kappa shape index (κ2) is 10.9. The van der Waals surface area contributed by atoms with Gasteiger partial charge < -0.3 is 9.30 Å². The lowest BCUT2D eigenvalue weighted by Gasteiger charge is -2.37. The van der Waals surface area contributed by atoms with Crippen molar-refractivity contribution >= 4 is 24.3 Å². The summed E-state index contributed by atoms with van der Waals surface area (Å²) in [4.78, 5) is 11.9. The monoisotopic (exact) mass is 386 g/mol. The van der Waals surface area contributed by atoms with Gasteiger partial charge in [-0.15, -0.1) is 0 Å². The zero-order chi connectivity index (χ0) is 18.9. The fourth-order valence-electron chi connectivity index (χ4n) is 2.66. The molecule has 0 unspecified atom stereocenters. The molecule has 1 rings (SSSR count). The number of aromatic nitrogens is 1. The molecule has 0 aromatic carbocycles. The summed E-state index contributed by atoms with van der Waals surface area (Å²) in [7, 11) is 0. The van der Waals surface area contributed by atoms with Crippen LogP contribution in [0.1, 0.15) is 34.6 Å². The molecule has 0 amide bonds. The van der Waals surface area contributed by atoms with E-state index in [0.29, 0.717) is 6.61 Å². The van der Waals surface area contributed by atoms with Crippen molar-refractivity contribution in [2.75, 3.05) is 32.8 Å². The van der Waals surface area contributed by atoms with Gasteiger partial charge in [0, 0.05) is 32.4 Å². The van der Waals surface area contributed by atoms with Crippen LogP contribution < -0.4 is 5.49 Å². The molecule has 0 fully saturated rings. The van der Waals surface area contributed by atoms with Crippen molar-refractivity contribution in [3.8, 4) is 0 Å². The van der Waals surface area contributed by atoms with Crippen LogP contribution in [0.25, 0.3) is 0 Å². The molecule has 0 bridgehead atoms. The summed E-state index contributed by atoms with van der Waals surface area (Å²) < 4.78 is 16.4. The largest absolute Gasteiger partial charge is 0.465 e. The molecule has 0 aliphatic heterocycles. The Bertz CT molecular complexity index is 638. The average Bonchev–Trinajstić information content (AvgIpc) is 2.59. The third-order valence-electron chi connectivity index (χ3n) is 3.95. The number of hydrogen-bond acceptors (Lipinski definition) is 3. The number of ether oxygens (including phenoxy) is 1. The first-order chi connectivity index (χ1) is 12.0. The van der Waals surface area contributed by atoms with Gasteiger partial charge in [-0.3, -0.25) is 4.79 Å². The van der Waals surface area contributed by atoms with Crippen LogP contribution in [0.4, 0.5) is 0 Å². The maximum atomic E-state index is 11.9. The molecule has 0 spiro atoms. The summed E-state index contributed by atoms with van der Waals surface area (Å²) in [5.41, 5.74) is 0.720. The number of rotatable bonds is 10. The lowest BCUT2D eigenvalue weighted by atomic mass is 10.4. The van der Waals surface area contributed by atoms with Crippen LogP contribution in [0, 0.1) is 0 Å². The van der Waals surface area contributed by atoms with Crippen molar-refractivity contribution in [2.24, 2.45) is 4.76 Å². The van der Waals surface area contributed by atoms with E-state index in [1.165, 1.54) is 0 Å². The summed E-state index contributed by atoms with van der Waals surface area (Å²) >= 11 is 6.11. The van der Waals surface area contributed by atoms with Gasteiger partial charge in [-0.2, -0.15) is 0 Å². The van der Waals surface area contributed by atoms with Crippen LogP contribution >= 0.6 is 6.49 Å². The van der Waals surface area contributed by atoms with E-state index in [2.05, 4.69) is 37.0 Å². The van der Waals surface area contributed by atoms with E-state index in [-0.39, 0.29) is 12.5 Å². The van der Waals surface area contributed by atoms with Crippen LogP contribution in [0.2, 0.25) is 0 Å². The predicted molar refractivity (Wildman–Crippen MR) is 107 cm³/mol. The van der Waals surface area contributed by atoms with Gasteiger partial charge >= 0.3 is 5.97 Å². The van der Waals surface area contributed by atoms with E-state index >= 15 is 0 Å². The van der Waals surface area contributed by atoms with Gasteiger partial charge in [0.25, 0.3) is 0 Å². The van der Waals surface area contributed by atoms with Gasteiger partial charge in [-0.05, 0) is 30.9 Å². The van der Waals surface area contributed by atoms with E-state index < -0.39 is 6.49 Å². The molecular formula is C17H31N4O2PS. The summed E-state index contributed by atoms with van der Waals surface area (Å²) in [5.74, 6) is -0.269. The predicted octanol–water partition coefficient (Wildman–Crippen LogP) is 2.86. The molecule has 0 aliphatic carbocycles. The van der Waals surface area contributed by atoms with Crippen molar-refractivity contribution in [1.82, 2.24) is 13.9 Å². The Hall–Kier alpha value is -1.01. The van der Waals surface area contributed by atoms with Crippen molar-refractivity contribution in [3.05, 3.63) is 29.9 Å². The normalized spacial score (nSPS) is 12.8. The highest BCUT2D eigenvalue weighted by Gasteiger charge is 2.28. The minimum atomic E-state index is -2.30. The van der Waals surface area contributed by atoms with Gasteiger partial charge in [0.15, 0.2) is 6.49 Å². The van der Waals surface area contributed by atoms with Crippen LogP contribution in [-0.4, -0.2) is 52.7 Å². The zero-order valence-electron chi connectivity index (χ0n) is 16.0. The van der Waals surface area contributed by atoms with Gasteiger partial charge in [0.1, 0.15) is 12.0 Å². The number of esters is 1. The molecular weight excluding hydrogens is 355 g/mol. The van der Waals surface area contributed by atoms with Crippen LogP contribution in [-0.2, 0) is 27.9 Å². The number of pyridine rings is 1. The summed E-state index contributed by atoms with van der Waals surface area (Å²) in [6.07, 6.45) is 1.85. The Morgan fingerprint density at radius 2 is 1.68 bits per heavy atom. The molecule has 1 aromatic rings. The van der Waals surface area contributed by atoms with E-state index in [1.54, 1.807) is 6.92 Å². The first-order valence-electron chi connectivity index (χ1n) is 8.94. The minimum absolute atomic E-state index is 0.138. The standard InChI is InChI=1S/C17H31N4O2PS/c1-6-20(7-2)24(25,21(8-3)9-4)18-16-13-11-12-14-19(16)15-17(22)23-10-5/h11-14H,6-10,15H2,1-5H3/b18-16+. The summed E-state index contributed by atoms with van der Waals surface area (Å²) in [6.45, 7) is 11.9. The molecule has 0 saturated heterocycles. The highest BCUT2D eigenvalue weighted by Crippen LogP contribution is 2.54. The Morgan fingerprint density at radius 3 is 2.16 bits per heavy atom. The maximum Gasteiger partial charge on any atom is 0.325 e. The third-order valence-corrected chi connectivity index (χ3v) is 8.65. The van der Waals surface area contributed by atoms with Crippen molar-refractivity contribution < 1.29 is 9.53 Å². The van der Waals surface area contributed by atoms with E-state index in [1.807, 2.05) is 29.0 Å². The SMILES string of the molecule is CCOC(=O)Cn1cccc/c1=N\P(=S)(N(CC)CC)N(CC)CC. The molecule has 0 aliphatic rings. The van der Waals surface area contributed by atoms with Gasteiger partial charge in [0.2, 0.25) is 0 Å². The van der Waals surface area contributed by atoms with Crippen molar-refractivity contribution in [2.45, 2.75) is 41.2 Å². The summed E-state index contributed by atoms with van der Waals surface area (Å²) in [6, 6.07) is 5.72. The number of carbonyl (C=O) groups is 1. The highest BCUT2D eigenvalue weighted by molar-refractivity contribution is 8.11. The smallest absolute Gasteiger partial charge is 0.325 e. The second-order valence-electron chi connectivity index (χ2n) is 5.38. The van der Waals surface area contributed by atoms with Crippen LogP contribution in [0.5, 0.6) is 0 Å². The van der Waals surface area contributed by atoms with Crippen LogP contribution in [0.3, 0.4) is 0 Å². The molecule has 0 radical (unpaired) electrons. The first kappa shape index (κ1) is 22.0. The quantitative estimate of drug-likeness (QED) is 0.457. The second-order valence-corrected chi connectivity index (χ2v) is 9.21.